The van der Waals surface area contributed by atoms with Crippen LogP contribution in [0.4, 0.5) is 5.82 Å². The van der Waals surface area contributed by atoms with Crippen LogP contribution in [0.3, 0.4) is 0 Å². The normalized spacial score (nSPS) is 10.2. The number of carbonyl (C=O) groups excluding carboxylic acids is 1. The molecule has 0 fully saturated rings. The number of benzene rings is 1. The number of aromatic amines is 1. The van der Waals surface area contributed by atoms with Gasteiger partial charge in [0.05, 0.1) is 11.8 Å². The Bertz CT molecular complexity index is 653. The van der Waals surface area contributed by atoms with E-state index in [-0.39, 0.29) is 10.9 Å². The molecule has 0 radical (unpaired) electrons. The largest absolute Gasteiger partial charge is 0.389 e. The molecule has 1 heterocycles. The smallest absolute Gasteiger partial charge is 0.257 e. The fourth-order valence-corrected chi connectivity index (χ4v) is 2.26. The van der Waals surface area contributed by atoms with E-state index in [1.165, 1.54) is 6.20 Å². The molecular weight excluding hydrogens is 328 g/mol. The van der Waals surface area contributed by atoms with Crippen molar-refractivity contribution in [2.24, 2.45) is 5.73 Å². The van der Waals surface area contributed by atoms with Crippen LogP contribution in [0, 0.1) is 6.92 Å². The lowest BCUT2D eigenvalue weighted by atomic mass is 10.1. The molecule has 0 saturated heterocycles. The summed E-state index contributed by atoms with van der Waals surface area (Å²) < 4.78 is 0.923. The van der Waals surface area contributed by atoms with E-state index in [9.17, 15) is 4.79 Å². The molecule has 0 unspecified atom stereocenters. The van der Waals surface area contributed by atoms with Crippen LogP contribution in [0.5, 0.6) is 0 Å². The summed E-state index contributed by atoms with van der Waals surface area (Å²) in [7, 11) is 0. The topological polar surface area (TPSA) is 83.8 Å². The van der Waals surface area contributed by atoms with Crippen LogP contribution in [-0.4, -0.2) is 21.1 Å². The lowest BCUT2D eigenvalue weighted by Crippen LogP contribution is -2.17. The van der Waals surface area contributed by atoms with Crippen molar-refractivity contribution in [3.05, 3.63) is 45.6 Å². The first kappa shape index (κ1) is 13.7. The van der Waals surface area contributed by atoms with Crippen molar-refractivity contribution in [3.63, 3.8) is 0 Å². The van der Waals surface area contributed by atoms with Gasteiger partial charge in [-0.2, -0.15) is 5.10 Å². The van der Waals surface area contributed by atoms with Crippen molar-refractivity contribution in [3.8, 4) is 0 Å². The first-order chi connectivity index (χ1) is 8.99. The first-order valence-corrected chi connectivity index (χ1v) is 6.60. The standard InChI is InChI=1S/C12H11BrN4OS/c1-6-4-7(13)2-3-8(6)12(18)16-11-9(10(14)19)5-15-17-11/h2-5H,1H3,(H2,14,19)(H2,15,16,17,18). The Hall–Kier alpha value is -1.73. The third-order valence-electron chi connectivity index (χ3n) is 2.58. The highest BCUT2D eigenvalue weighted by molar-refractivity contribution is 9.10. The van der Waals surface area contributed by atoms with E-state index in [0.717, 1.165) is 10.0 Å². The predicted octanol–water partition coefficient (Wildman–Crippen LogP) is 2.37. The number of H-pyrrole nitrogens is 1. The molecule has 0 aliphatic rings. The lowest BCUT2D eigenvalue weighted by molar-refractivity contribution is 0.102. The summed E-state index contributed by atoms with van der Waals surface area (Å²) in [6.07, 6.45) is 1.48. The van der Waals surface area contributed by atoms with E-state index in [0.29, 0.717) is 16.9 Å². The zero-order valence-corrected chi connectivity index (χ0v) is 12.4. The Balaban J connectivity index is 2.26. The van der Waals surface area contributed by atoms with Crippen molar-refractivity contribution in [1.29, 1.82) is 0 Å². The molecule has 0 atom stereocenters. The van der Waals surface area contributed by atoms with Crippen LogP contribution in [0.15, 0.2) is 28.9 Å². The van der Waals surface area contributed by atoms with Gasteiger partial charge in [0.1, 0.15) is 10.8 Å². The number of aryl methyl sites for hydroxylation is 1. The summed E-state index contributed by atoms with van der Waals surface area (Å²) in [6.45, 7) is 1.86. The fraction of sp³-hybridized carbons (Fsp3) is 0.0833. The maximum atomic E-state index is 12.2. The molecule has 0 aliphatic carbocycles. The van der Waals surface area contributed by atoms with Crippen LogP contribution >= 0.6 is 28.1 Å². The van der Waals surface area contributed by atoms with Gasteiger partial charge in [-0.3, -0.25) is 9.89 Å². The molecule has 0 saturated carbocycles. The first-order valence-electron chi connectivity index (χ1n) is 5.39. The number of carbonyl (C=O) groups is 1. The third-order valence-corrected chi connectivity index (χ3v) is 3.29. The number of nitrogens with two attached hydrogens (primary N) is 1. The van der Waals surface area contributed by atoms with Crippen LogP contribution in [-0.2, 0) is 0 Å². The number of hydrogen-bond acceptors (Lipinski definition) is 3. The molecule has 1 aromatic carbocycles. The summed E-state index contributed by atoms with van der Waals surface area (Å²) >= 11 is 8.23. The monoisotopic (exact) mass is 338 g/mol. The number of amides is 1. The van der Waals surface area contributed by atoms with Crippen LogP contribution in [0.2, 0.25) is 0 Å². The third kappa shape index (κ3) is 2.99. The molecule has 2 rings (SSSR count). The van der Waals surface area contributed by atoms with Crippen molar-refractivity contribution in [2.75, 3.05) is 5.32 Å². The van der Waals surface area contributed by atoms with Crippen LogP contribution in [0.25, 0.3) is 0 Å². The number of rotatable bonds is 3. The molecule has 19 heavy (non-hydrogen) atoms. The van der Waals surface area contributed by atoms with Crippen molar-refractivity contribution >= 4 is 44.9 Å². The molecule has 2 aromatic rings. The quantitative estimate of drug-likeness (QED) is 0.750. The lowest BCUT2D eigenvalue weighted by Gasteiger charge is -2.07. The molecule has 0 bridgehead atoms. The molecule has 4 N–H and O–H groups in total. The van der Waals surface area contributed by atoms with Gasteiger partial charge in [-0.15, -0.1) is 0 Å². The highest BCUT2D eigenvalue weighted by atomic mass is 79.9. The van der Waals surface area contributed by atoms with Crippen LogP contribution < -0.4 is 11.1 Å². The molecule has 1 amide bonds. The predicted molar refractivity (Wildman–Crippen MR) is 81.3 cm³/mol. The van der Waals surface area contributed by atoms with Crippen molar-refractivity contribution in [1.82, 2.24) is 10.2 Å². The van der Waals surface area contributed by atoms with E-state index in [1.54, 1.807) is 6.07 Å². The second-order valence-electron chi connectivity index (χ2n) is 3.94. The summed E-state index contributed by atoms with van der Waals surface area (Å²) in [5.74, 6) is 0.159. The molecule has 0 aliphatic heterocycles. The van der Waals surface area contributed by atoms with Gasteiger partial charge in [0.15, 0.2) is 0 Å². The van der Waals surface area contributed by atoms with Gasteiger partial charge >= 0.3 is 0 Å². The number of nitrogens with one attached hydrogen (secondary N) is 2. The fourth-order valence-electron chi connectivity index (χ4n) is 1.63. The van der Waals surface area contributed by atoms with Gasteiger partial charge in [-0.05, 0) is 30.7 Å². The molecular formula is C12H11BrN4OS. The highest BCUT2D eigenvalue weighted by Gasteiger charge is 2.14. The molecule has 7 heteroatoms. The Kier molecular flexibility index (Phi) is 3.96. The van der Waals surface area contributed by atoms with Gasteiger partial charge in [-0.1, -0.05) is 28.1 Å². The number of thiocarbonyl (C=S) groups is 1. The van der Waals surface area contributed by atoms with Crippen molar-refractivity contribution < 1.29 is 4.79 Å². The summed E-state index contributed by atoms with van der Waals surface area (Å²) in [6, 6.07) is 5.42. The second-order valence-corrected chi connectivity index (χ2v) is 5.29. The average Bonchev–Trinajstić information content (AvgIpc) is 2.76. The van der Waals surface area contributed by atoms with Gasteiger partial charge in [0, 0.05) is 10.0 Å². The minimum Gasteiger partial charge on any atom is -0.389 e. The number of hydrogen-bond donors (Lipinski definition) is 3. The summed E-state index contributed by atoms with van der Waals surface area (Å²) in [5.41, 5.74) is 7.49. The van der Waals surface area contributed by atoms with E-state index in [1.807, 2.05) is 19.1 Å². The zero-order valence-electron chi connectivity index (χ0n) is 10.0. The average molecular weight is 339 g/mol. The summed E-state index contributed by atoms with van der Waals surface area (Å²) in [4.78, 5) is 12.3. The van der Waals surface area contributed by atoms with Crippen molar-refractivity contribution in [2.45, 2.75) is 6.92 Å². The number of nitrogens with zero attached hydrogens (tertiary/aromatic N) is 1. The second kappa shape index (κ2) is 5.50. The zero-order chi connectivity index (χ0) is 14.0. The number of halogens is 1. The SMILES string of the molecule is Cc1cc(Br)ccc1C(=O)Nc1[nH]ncc1C(N)=S. The molecule has 1 aromatic heterocycles. The molecule has 98 valence electrons. The number of aromatic nitrogens is 2. The Morgan fingerprint density at radius 1 is 1.47 bits per heavy atom. The molecule has 0 spiro atoms. The Morgan fingerprint density at radius 2 is 2.21 bits per heavy atom. The maximum Gasteiger partial charge on any atom is 0.257 e. The highest BCUT2D eigenvalue weighted by Crippen LogP contribution is 2.18. The number of anilines is 1. The van der Waals surface area contributed by atoms with Gasteiger partial charge < -0.3 is 11.1 Å². The van der Waals surface area contributed by atoms with Crippen LogP contribution in [0.1, 0.15) is 21.5 Å². The Labute approximate surface area is 123 Å². The Morgan fingerprint density at radius 3 is 2.84 bits per heavy atom. The maximum absolute atomic E-state index is 12.2. The van der Waals surface area contributed by atoms with E-state index in [4.69, 9.17) is 18.0 Å². The summed E-state index contributed by atoms with van der Waals surface area (Å²) in [5, 5.41) is 9.18. The van der Waals surface area contributed by atoms with E-state index in [2.05, 4.69) is 31.4 Å². The van der Waals surface area contributed by atoms with E-state index < -0.39 is 0 Å². The van der Waals surface area contributed by atoms with Gasteiger partial charge in [0.2, 0.25) is 0 Å². The minimum absolute atomic E-state index is 0.177. The van der Waals surface area contributed by atoms with E-state index >= 15 is 0 Å². The van der Waals surface area contributed by atoms with Gasteiger partial charge in [0.25, 0.3) is 5.91 Å². The minimum atomic E-state index is -0.244. The van der Waals surface area contributed by atoms with Gasteiger partial charge in [-0.25, -0.2) is 0 Å². The molecule has 5 nitrogen and oxygen atoms in total.